The molecule has 1 aliphatic carbocycles. The first kappa shape index (κ1) is 38.2. The van der Waals surface area contributed by atoms with Gasteiger partial charge in [-0.05, 0) is 83.6 Å². The first-order valence-electron chi connectivity index (χ1n) is 22.2. The van der Waals surface area contributed by atoms with E-state index in [1.807, 2.05) is 12.1 Å². The predicted octanol–water partition coefficient (Wildman–Crippen LogP) is 15.4. The zero-order valence-electron chi connectivity index (χ0n) is 35.5. The van der Waals surface area contributed by atoms with Gasteiger partial charge in [-0.25, -0.2) is 15.0 Å². The minimum Gasteiger partial charge on any atom is -0.208 e. The highest BCUT2D eigenvalue weighted by atomic mass is 15.0. The van der Waals surface area contributed by atoms with Crippen molar-refractivity contribution in [2.75, 3.05) is 0 Å². The first-order valence-corrected chi connectivity index (χ1v) is 22.2. The van der Waals surface area contributed by atoms with Crippen molar-refractivity contribution in [3.8, 4) is 78.7 Å². The Morgan fingerprint density at radius 2 is 0.646 bits per heavy atom. The molecule has 65 heavy (non-hydrogen) atoms. The molecule has 0 amide bonds. The molecule has 0 radical (unpaired) electrons. The predicted molar refractivity (Wildman–Crippen MR) is 267 cm³/mol. The summed E-state index contributed by atoms with van der Waals surface area (Å²) in [6, 6.07) is 89.0. The van der Waals surface area contributed by atoms with Gasteiger partial charge in [0.25, 0.3) is 0 Å². The summed E-state index contributed by atoms with van der Waals surface area (Å²) >= 11 is 0. The molecule has 0 atom stereocenters. The van der Waals surface area contributed by atoms with Crippen molar-refractivity contribution in [3.63, 3.8) is 0 Å². The fraction of sp³-hybridized carbons (Fsp3) is 0.0161. The lowest BCUT2D eigenvalue weighted by atomic mass is 9.66. The molecule has 10 aromatic carbocycles. The van der Waals surface area contributed by atoms with Crippen LogP contribution < -0.4 is 0 Å². The monoisotopic (exact) mass is 827 g/mol. The van der Waals surface area contributed by atoms with Crippen LogP contribution in [0.2, 0.25) is 0 Å². The lowest BCUT2D eigenvalue weighted by molar-refractivity contribution is 0.775. The Labute approximate surface area is 379 Å². The number of hydrogen-bond acceptors (Lipinski definition) is 3. The molecular formula is C62H41N3. The van der Waals surface area contributed by atoms with E-state index in [1.165, 1.54) is 60.8 Å². The zero-order valence-corrected chi connectivity index (χ0v) is 35.5. The molecule has 0 fully saturated rings. The van der Waals surface area contributed by atoms with Gasteiger partial charge >= 0.3 is 0 Å². The molecule has 0 bridgehead atoms. The zero-order chi connectivity index (χ0) is 43.2. The maximum Gasteiger partial charge on any atom is 0.164 e. The Morgan fingerprint density at radius 3 is 1.14 bits per heavy atom. The molecule has 0 N–H and O–H groups in total. The van der Waals surface area contributed by atoms with E-state index >= 15 is 0 Å². The van der Waals surface area contributed by atoms with Gasteiger partial charge in [0.05, 0.1) is 5.41 Å². The summed E-state index contributed by atoms with van der Waals surface area (Å²) in [6.07, 6.45) is 0. The molecule has 0 spiro atoms. The van der Waals surface area contributed by atoms with Gasteiger partial charge in [0.2, 0.25) is 0 Å². The molecule has 11 aromatic rings. The average Bonchev–Trinajstić information content (AvgIpc) is 3.72. The minimum atomic E-state index is -0.528. The quantitative estimate of drug-likeness (QED) is 0.153. The summed E-state index contributed by atoms with van der Waals surface area (Å²) in [5.41, 5.74) is 16.8. The third-order valence-corrected chi connectivity index (χ3v) is 13.0. The normalized spacial score (nSPS) is 12.4. The van der Waals surface area contributed by atoms with Crippen molar-refractivity contribution in [1.29, 1.82) is 0 Å². The third kappa shape index (κ3) is 6.56. The highest BCUT2D eigenvalue weighted by Gasteiger charge is 2.48. The Balaban J connectivity index is 1.01. The van der Waals surface area contributed by atoms with Crippen LogP contribution >= 0.6 is 0 Å². The van der Waals surface area contributed by atoms with Gasteiger partial charge in [-0.15, -0.1) is 0 Å². The summed E-state index contributed by atoms with van der Waals surface area (Å²) in [5, 5.41) is 2.46. The number of rotatable bonds is 8. The van der Waals surface area contributed by atoms with Crippen LogP contribution in [0.1, 0.15) is 22.3 Å². The van der Waals surface area contributed by atoms with Crippen molar-refractivity contribution in [2.45, 2.75) is 5.41 Å². The van der Waals surface area contributed by atoms with E-state index in [4.69, 9.17) is 15.0 Å². The second kappa shape index (κ2) is 16.0. The molecular weight excluding hydrogens is 787 g/mol. The Morgan fingerprint density at radius 1 is 0.277 bits per heavy atom. The fourth-order valence-electron chi connectivity index (χ4n) is 10.00. The molecule has 0 saturated carbocycles. The van der Waals surface area contributed by atoms with Crippen LogP contribution in [0, 0.1) is 0 Å². The molecule has 3 heteroatoms. The molecule has 0 unspecified atom stereocenters. The van der Waals surface area contributed by atoms with Crippen LogP contribution in [0.5, 0.6) is 0 Å². The van der Waals surface area contributed by atoms with Gasteiger partial charge in [0.15, 0.2) is 17.5 Å². The van der Waals surface area contributed by atoms with E-state index in [1.54, 1.807) is 0 Å². The lowest BCUT2D eigenvalue weighted by Gasteiger charge is -2.35. The highest BCUT2D eigenvalue weighted by Crippen LogP contribution is 2.60. The smallest absolute Gasteiger partial charge is 0.164 e. The minimum absolute atomic E-state index is 0.528. The van der Waals surface area contributed by atoms with E-state index in [-0.39, 0.29) is 0 Å². The molecule has 1 aromatic heterocycles. The second-order valence-electron chi connectivity index (χ2n) is 16.7. The number of hydrogen-bond donors (Lipinski definition) is 0. The van der Waals surface area contributed by atoms with Crippen LogP contribution in [-0.4, -0.2) is 15.0 Å². The number of benzene rings is 10. The topological polar surface area (TPSA) is 38.7 Å². The van der Waals surface area contributed by atoms with Crippen molar-refractivity contribution < 1.29 is 0 Å². The highest BCUT2D eigenvalue weighted by molar-refractivity contribution is 6.06. The molecule has 304 valence electrons. The molecule has 0 aliphatic heterocycles. The van der Waals surface area contributed by atoms with E-state index < -0.39 is 5.41 Å². The van der Waals surface area contributed by atoms with Crippen LogP contribution in [-0.2, 0) is 5.41 Å². The summed E-state index contributed by atoms with van der Waals surface area (Å²) < 4.78 is 0. The van der Waals surface area contributed by atoms with Crippen LogP contribution in [0.15, 0.2) is 249 Å². The Hall–Kier alpha value is -8.53. The van der Waals surface area contributed by atoms with Gasteiger partial charge in [0, 0.05) is 16.7 Å². The summed E-state index contributed by atoms with van der Waals surface area (Å²) in [7, 11) is 0. The Kier molecular flexibility index (Phi) is 9.39. The van der Waals surface area contributed by atoms with Crippen LogP contribution in [0.3, 0.4) is 0 Å². The maximum absolute atomic E-state index is 5.16. The van der Waals surface area contributed by atoms with Gasteiger partial charge in [-0.3, -0.25) is 0 Å². The molecule has 12 rings (SSSR count). The van der Waals surface area contributed by atoms with Crippen molar-refractivity contribution >= 4 is 10.8 Å². The van der Waals surface area contributed by atoms with Crippen LogP contribution in [0.25, 0.3) is 89.4 Å². The first-order chi connectivity index (χ1) is 32.2. The van der Waals surface area contributed by atoms with Gasteiger partial charge < -0.3 is 0 Å². The maximum atomic E-state index is 5.16. The lowest BCUT2D eigenvalue weighted by Crippen LogP contribution is -2.28. The Bertz CT molecular complexity index is 3340. The fourth-order valence-corrected chi connectivity index (χ4v) is 10.00. The van der Waals surface area contributed by atoms with Gasteiger partial charge in [0.1, 0.15) is 0 Å². The largest absolute Gasteiger partial charge is 0.208 e. The third-order valence-electron chi connectivity index (χ3n) is 13.0. The molecule has 3 nitrogen and oxygen atoms in total. The SMILES string of the molecule is c1ccc(-c2ccc(-c3nc(-c4ccc(-c5ccccc5)cc4)nc(-c4ccc(-c5cc6ccccc6c6c5-c5ccccc5C6(c5ccccc5)c5ccccc5)cc4)n3)cc2)cc1. The summed E-state index contributed by atoms with van der Waals surface area (Å²) in [5.74, 6) is 1.88. The summed E-state index contributed by atoms with van der Waals surface area (Å²) in [6.45, 7) is 0. The second-order valence-corrected chi connectivity index (χ2v) is 16.7. The number of fused-ring (bicyclic) bond motifs is 5. The summed E-state index contributed by atoms with van der Waals surface area (Å²) in [4.78, 5) is 15.4. The van der Waals surface area contributed by atoms with Crippen molar-refractivity contribution in [2.24, 2.45) is 0 Å². The van der Waals surface area contributed by atoms with E-state index in [9.17, 15) is 0 Å². The van der Waals surface area contributed by atoms with E-state index in [0.29, 0.717) is 17.5 Å². The standard InChI is InChI=1S/C62H41N3/c1-5-17-42(18-6-1)44-29-35-47(36-30-44)59-63-60(48-37-31-45(32-38-48)43-19-7-2-8-20-43)65-61(64-59)49-39-33-46(34-40-49)55-41-50-21-13-14-26-53(50)58-57(55)54-27-15-16-28-56(54)62(58,51-22-9-3-10-23-51)52-24-11-4-12-25-52/h1-41H. The number of aromatic nitrogens is 3. The van der Waals surface area contributed by atoms with E-state index in [2.05, 4.69) is 237 Å². The molecule has 1 heterocycles. The van der Waals surface area contributed by atoms with Crippen LogP contribution in [0.4, 0.5) is 0 Å². The average molecular weight is 828 g/mol. The van der Waals surface area contributed by atoms with Crippen molar-refractivity contribution in [1.82, 2.24) is 15.0 Å². The van der Waals surface area contributed by atoms with Gasteiger partial charge in [-0.2, -0.15) is 0 Å². The molecule has 1 aliphatic rings. The van der Waals surface area contributed by atoms with E-state index in [0.717, 1.165) is 33.4 Å². The van der Waals surface area contributed by atoms with Gasteiger partial charge in [-0.1, -0.05) is 243 Å². The molecule has 0 saturated heterocycles. The number of nitrogens with zero attached hydrogens (tertiary/aromatic N) is 3. The van der Waals surface area contributed by atoms with Crippen molar-refractivity contribution in [3.05, 3.63) is 271 Å².